The van der Waals surface area contributed by atoms with Crippen molar-refractivity contribution in [3.63, 3.8) is 0 Å². The Hall–Kier alpha value is -1.55. The van der Waals surface area contributed by atoms with Crippen molar-refractivity contribution in [1.29, 1.82) is 0 Å². The van der Waals surface area contributed by atoms with E-state index < -0.39 is 0 Å². The minimum absolute atomic E-state index is 0.0320. The van der Waals surface area contributed by atoms with E-state index in [9.17, 15) is 9.90 Å². The number of amides is 1. The fourth-order valence-electron chi connectivity index (χ4n) is 2.52. The Labute approximate surface area is 114 Å². The van der Waals surface area contributed by atoms with Gasteiger partial charge in [-0.2, -0.15) is 0 Å². The standard InChI is InChI=1S/C15H22N2O2/c1-3-7-16-8-10-17(11-9-16)15(19)13-5-4-6-14(18)12(13)2/h4-6,18H,3,7-11H2,1-2H3. The van der Waals surface area contributed by atoms with Gasteiger partial charge >= 0.3 is 0 Å². The molecule has 1 fully saturated rings. The first kappa shape index (κ1) is 13.9. The Morgan fingerprint density at radius 2 is 1.95 bits per heavy atom. The molecule has 1 saturated heterocycles. The molecule has 1 aliphatic heterocycles. The summed E-state index contributed by atoms with van der Waals surface area (Å²) in [6.07, 6.45) is 1.15. The molecule has 4 heteroatoms. The molecule has 4 nitrogen and oxygen atoms in total. The molecule has 1 amide bonds. The van der Waals surface area contributed by atoms with E-state index in [1.54, 1.807) is 25.1 Å². The Morgan fingerprint density at radius 3 is 2.58 bits per heavy atom. The second-order valence-electron chi connectivity index (χ2n) is 5.08. The monoisotopic (exact) mass is 262 g/mol. The lowest BCUT2D eigenvalue weighted by Gasteiger charge is -2.34. The molecule has 0 spiro atoms. The topological polar surface area (TPSA) is 43.8 Å². The van der Waals surface area contributed by atoms with E-state index >= 15 is 0 Å². The molecule has 104 valence electrons. The number of hydrogen-bond acceptors (Lipinski definition) is 3. The lowest BCUT2D eigenvalue weighted by Crippen LogP contribution is -2.48. The number of carbonyl (C=O) groups excluding carboxylic acids is 1. The van der Waals surface area contributed by atoms with Gasteiger partial charge in [0, 0.05) is 37.3 Å². The first-order chi connectivity index (χ1) is 9.13. The van der Waals surface area contributed by atoms with Crippen LogP contribution in [-0.2, 0) is 0 Å². The zero-order chi connectivity index (χ0) is 13.8. The zero-order valence-corrected chi connectivity index (χ0v) is 11.7. The Kier molecular flexibility index (Phi) is 4.43. The number of carbonyl (C=O) groups is 1. The second-order valence-corrected chi connectivity index (χ2v) is 5.08. The lowest BCUT2D eigenvalue weighted by molar-refractivity contribution is 0.0636. The highest BCUT2D eigenvalue weighted by molar-refractivity contribution is 5.96. The van der Waals surface area contributed by atoms with Crippen LogP contribution in [0.15, 0.2) is 18.2 Å². The molecule has 0 saturated carbocycles. The highest BCUT2D eigenvalue weighted by Gasteiger charge is 2.23. The van der Waals surface area contributed by atoms with Crippen molar-refractivity contribution in [1.82, 2.24) is 9.80 Å². The van der Waals surface area contributed by atoms with Gasteiger partial charge in [-0.3, -0.25) is 9.69 Å². The number of benzene rings is 1. The van der Waals surface area contributed by atoms with E-state index in [0.29, 0.717) is 11.1 Å². The highest BCUT2D eigenvalue weighted by Crippen LogP contribution is 2.21. The summed E-state index contributed by atoms with van der Waals surface area (Å²) in [5, 5.41) is 9.68. The molecular weight excluding hydrogens is 240 g/mol. The van der Waals surface area contributed by atoms with Crippen molar-refractivity contribution >= 4 is 5.91 Å². The number of phenols is 1. The average Bonchev–Trinajstić information content (AvgIpc) is 2.42. The van der Waals surface area contributed by atoms with Gasteiger partial charge in [-0.05, 0) is 32.0 Å². The molecular formula is C15H22N2O2. The summed E-state index contributed by atoms with van der Waals surface area (Å²) in [5.41, 5.74) is 1.28. The molecule has 1 N–H and O–H groups in total. The van der Waals surface area contributed by atoms with Crippen molar-refractivity contribution in [3.8, 4) is 5.75 Å². The van der Waals surface area contributed by atoms with Crippen molar-refractivity contribution in [3.05, 3.63) is 29.3 Å². The smallest absolute Gasteiger partial charge is 0.254 e. The van der Waals surface area contributed by atoms with Crippen LogP contribution in [0.5, 0.6) is 5.75 Å². The maximum atomic E-state index is 12.4. The summed E-state index contributed by atoms with van der Waals surface area (Å²) in [4.78, 5) is 16.7. The molecule has 0 bridgehead atoms. The summed E-state index contributed by atoms with van der Waals surface area (Å²) in [6, 6.07) is 5.13. The molecule has 0 radical (unpaired) electrons. The fraction of sp³-hybridized carbons (Fsp3) is 0.533. The van der Waals surface area contributed by atoms with Crippen molar-refractivity contribution in [2.45, 2.75) is 20.3 Å². The van der Waals surface area contributed by atoms with Crippen LogP contribution in [0.3, 0.4) is 0 Å². The molecule has 19 heavy (non-hydrogen) atoms. The molecule has 0 aliphatic carbocycles. The largest absolute Gasteiger partial charge is 0.508 e. The van der Waals surface area contributed by atoms with Crippen LogP contribution >= 0.6 is 0 Å². The van der Waals surface area contributed by atoms with Crippen LogP contribution in [0, 0.1) is 6.92 Å². The maximum Gasteiger partial charge on any atom is 0.254 e. The molecule has 0 aromatic heterocycles. The van der Waals surface area contributed by atoms with Gasteiger partial charge in [0.25, 0.3) is 5.91 Å². The Balaban J connectivity index is 2.03. The third kappa shape index (κ3) is 3.07. The minimum atomic E-state index is 0.0320. The predicted molar refractivity (Wildman–Crippen MR) is 75.5 cm³/mol. The number of phenolic OH excluding ortho intramolecular Hbond substituents is 1. The summed E-state index contributed by atoms with van der Waals surface area (Å²) in [5.74, 6) is 0.222. The van der Waals surface area contributed by atoms with Gasteiger partial charge in [-0.15, -0.1) is 0 Å². The van der Waals surface area contributed by atoms with Crippen LogP contribution < -0.4 is 0 Å². The number of aromatic hydroxyl groups is 1. The minimum Gasteiger partial charge on any atom is -0.508 e. The summed E-state index contributed by atoms with van der Waals surface area (Å²) < 4.78 is 0. The van der Waals surface area contributed by atoms with Crippen molar-refractivity contribution in [2.24, 2.45) is 0 Å². The number of piperazine rings is 1. The Bertz CT molecular complexity index is 451. The van der Waals surface area contributed by atoms with Crippen molar-refractivity contribution < 1.29 is 9.90 Å². The van der Waals surface area contributed by atoms with Gasteiger partial charge in [-0.1, -0.05) is 13.0 Å². The van der Waals surface area contributed by atoms with Gasteiger partial charge in [0.2, 0.25) is 0 Å². The van der Waals surface area contributed by atoms with E-state index in [-0.39, 0.29) is 11.7 Å². The highest BCUT2D eigenvalue weighted by atomic mass is 16.3. The Morgan fingerprint density at radius 1 is 1.26 bits per heavy atom. The molecule has 0 atom stereocenters. The summed E-state index contributed by atoms with van der Waals surface area (Å²) in [7, 11) is 0. The molecule has 1 aliphatic rings. The van der Waals surface area contributed by atoms with E-state index in [2.05, 4.69) is 11.8 Å². The normalized spacial score (nSPS) is 16.6. The van der Waals surface area contributed by atoms with Gasteiger partial charge in [0.15, 0.2) is 0 Å². The van der Waals surface area contributed by atoms with E-state index in [1.807, 2.05) is 4.90 Å². The summed E-state index contributed by atoms with van der Waals surface area (Å²) in [6.45, 7) is 8.49. The van der Waals surface area contributed by atoms with Crippen LogP contribution in [0.2, 0.25) is 0 Å². The van der Waals surface area contributed by atoms with Gasteiger partial charge in [-0.25, -0.2) is 0 Å². The quantitative estimate of drug-likeness (QED) is 0.904. The van der Waals surface area contributed by atoms with Gasteiger partial charge in [0.05, 0.1) is 0 Å². The molecule has 1 aromatic carbocycles. The van der Waals surface area contributed by atoms with Crippen LogP contribution in [0.25, 0.3) is 0 Å². The van der Waals surface area contributed by atoms with Crippen LogP contribution in [0.1, 0.15) is 29.3 Å². The van der Waals surface area contributed by atoms with Crippen LogP contribution in [-0.4, -0.2) is 53.5 Å². The van der Waals surface area contributed by atoms with E-state index in [1.165, 1.54) is 0 Å². The summed E-state index contributed by atoms with van der Waals surface area (Å²) >= 11 is 0. The molecule has 2 rings (SSSR count). The second kappa shape index (κ2) is 6.06. The van der Waals surface area contributed by atoms with E-state index in [4.69, 9.17) is 0 Å². The first-order valence-corrected chi connectivity index (χ1v) is 6.93. The third-order valence-corrected chi connectivity index (χ3v) is 3.73. The van der Waals surface area contributed by atoms with Crippen molar-refractivity contribution in [2.75, 3.05) is 32.7 Å². The lowest BCUT2D eigenvalue weighted by atomic mass is 10.1. The maximum absolute atomic E-state index is 12.4. The zero-order valence-electron chi connectivity index (χ0n) is 11.7. The fourth-order valence-corrected chi connectivity index (χ4v) is 2.52. The average molecular weight is 262 g/mol. The number of nitrogens with zero attached hydrogens (tertiary/aromatic N) is 2. The molecule has 1 aromatic rings. The first-order valence-electron chi connectivity index (χ1n) is 6.93. The van der Waals surface area contributed by atoms with Gasteiger partial charge in [0.1, 0.15) is 5.75 Å². The van der Waals surface area contributed by atoms with Crippen LogP contribution in [0.4, 0.5) is 0 Å². The number of rotatable bonds is 3. The third-order valence-electron chi connectivity index (χ3n) is 3.73. The van der Waals surface area contributed by atoms with Gasteiger partial charge < -0.3 is 10.0 Å². The predicted octanol–water partition coefficient (Wildman–Crippen LogP) is 1.87. The molecule has 1 heterocycles. The number of hydrogen-bond donors (Lipinski definition) is 1. The molecule has 0 unspecified atom stereocenters. The van der Waals surface area contributed by atoms with E-state index in [0.717, 1.165) is 39.1 Å². The SMILES string of the molecule is CCCN1CCN(C(=O)c2cccc(O)c2C)CC1.